The summed E-state index contributed by atoms with van der Waals surface area (Å²) in [6, 6.07) is 0. The Hall–Kier alpha value is -0.770. The van der Waals surface area contributed by atoms with Crippen molar-refractivity contribution in [3.05, 3.63) is 12.3 Å². The largest absolute Gasteiger partial charge is 0.375 e. The minimum absolute atomic E-state index is 0.275. The van der Waals surface area contributed by atoms with Crippen molar-refractivity contribution in [3.8, 4) is 0 Å². The van der Waals surface area contributed by atoms with Crippen LogP contribution in [0.5, 0.6) is 0 Å². The number of allylic oxidation sites excluding steroid dienone is 1. The van der Waals surface area contributed by atoms with E-state index >= 15 is 0 Å². The Labute approximate surface area is 103 Å². The number of fused-ring (bicyclic) bond motifs is 2. The van der Waals surface area contributed by atoms with Crippen LogP contribution in [0.15, 0.2) is 12.3 Å². The first kappa shape index (κ1) is 11.7. The van der Waals surface area contributed by atoms with E-state index in [0.717, 1.165) is 11.8 Å². The highest BCUT2D eigenvalue weighted by Gasteiger charge is 2.51. The summed E-state index contributed by atoms with van der Waals surface area (Å²) >= 11 is 4.71. The Bertz CT molecular complexity index is 311. The first-order valence-electron chi connectivity index (χ1n) is 5.99. The van der Waals surface area contributed by atoms with Crippen molar-refractivity contribution in [2.45, 2.75) is 33.1 Å². The average Bonchev–Trinajstić information content (AvgIpc) is 2.72. The van der Waals surface area contributed by atoms with Crippen molar-refractivity contribution >= 4 is 17.3 Å². The molecule has 0 saturated heterocycles. The van der Waals surface area contributed by atoms with Gasteiger partial charge in [0.1, 0.15) is 0 Å². The maximum Gasteiger partial charge on any atom is 0.182 e. The molecule has 0 aromatic heterocycles. The number of nitrogens with one attached hydrogen (secondary N) is 2. The van der Waals surface area contributed by atoms with Gasteiger partial charge in [0.15, 0.2) is 5.11 Å². The normalized spacial score (nSPS) is 35.5. The molecule has 0 heterocycles. The van der Waals surface area contributed by atoms with Gasteiger partial charge in [-0.2, -0.15) is 0 Å². The maximum absolute atomic E-state index is 5.32. The number of hydrazine groups is 1. The lowest BCUT2D eigenvalue weighted by Gasteiger charge is -2.36. The van der Waals surface area contributed by atoms with Gasteiger partial charge in [-0.05, 0) is 54.6 Å². The number of hydrogen-bond acceptors (Lipinski definition) is 2. The van der Waals surface area contributed by atoms with Gasteiger partial charge in [0.2, 0.25) is 0 Å². The monoisotopic (exact) mass is 239 g/mol. The SMILES string of the molecule is CC1(C)[C@H]2CC[C@H](C2)[C@H]1/C=C\NNC(N)=S. The van der Waals surface area contributed by atoms with Gasteiger partial charge in [0, 0.05) is 6.20 Å². The molecule has 4 N–H and O–H groups in total. The third-order valence-corrected chi connectivity index (χ3v) is 4.58. The lowest BCUT2D eigenvalue weighted by atomic mass is 9.69. The van der Waals surface area contributed by atoms with Crippen LogP contribution in [-0.4, -0.2) is 5.11 Å². The lowest BCUT2D eigenvalue weighted by molar-refractivity contribution is 0.158. The molecule has 0 spiro atoms. The van der Waals surface area contributed by atoms with E-state index in [9.17, 15) is 0 Å². The fourth-order valence-corrected chi connectivity index (χ4v) is 3.63. The zero-order valence-electron chi connectivity index (χ0n) is 9.99. The molecule has 3 nitrogen and oxygen atoms in total. The van der Waals surface area contributed by atoms with Crippen LogP contribution >= 0.6 is 12.2 Å². The van der Waals surface area contributed by atoms with Crippen LogP contribution < -0.4 is 16.6 Å². The highest BCUT2D eigenvalue weighted by Crippen LogP contribution is 2.59. The molecular weight excluding hydrogens is 218 g/mol. The third kappa shape index (κ3) is 2.03. The molecule has 0 aliphatic heterocycles. The Morgan fingerprint density at radius 3 is 2.75 bits per heavy atom. The van der Waals surface area contributed by atoms with E-state index in [1.165, 1.54) is 19.3 Å². The summed E-state index contributed by atoms with van der Waals surface area (Å²) in [5, 5.41) is 0.275. The Morgan fingerprint density at radius 2 is 2.19 bits per heavy atom. The predicted octanol–water partition coefficient (Wildman–Crippen LogP) is 1.91. The molecule has 2 saturated carbocycles. The summed E-state index contributed by atoms with van der Waals surface area (Å²) < 4.78 is 0. The third-order valence-electron chi connectivity index (χ3n) is 4.47. The minimum Gasteiger partial charge on any atom is -0.375 e. The van der Waals surface area contributed by atoms with Gasteiger partial charge in [-0.15, -0.1) is 0 Å². The second-order valence-electron chi connectivity index (χ2n) is 5.61. The van der Waals surface area contributed by atoms with E-state index in [1.807, 2.05) is 6.20 Å². The van der Waals surface area contributed by atoms with Gasteiger partial charge < -0.3 is 11.2 Å². The predicted molar refractivity (Wildman–Crippen MR) is 70.3 cm³/mol. The van der Waals surface area contributed by atoms with E-state index in [1.54, 1.807) is 0 Å². The van der Waals surface area contributed by atoms with Gasteiger partial charge in [-0.3, -0.25) is 5.43 Å². The summed E-state index contributed by atoms with van der Waals surface area (Å²) in [5.41, 5.74) is 11.4. The first-order chi connectivity index (χ1) is 7.51. The summed E-state index contributed by atoms with van der Waals surface area (Å²) in [7, 11) is 0. The number of rotatable bonds is 3. The second kappa shape index (κ2) is 4.24. The summed E-state index contributed by atoms with van der Waals surface area (Å²) in [6.45, 7) is 4.79. The van der Waals surface area contributed by atoms with Gasteiger partial charge >= 0.3 is 0 Å². The van der Waals surface area contributed by atoms with Crippen molar-refractivity contribution in [2.75, 3.05) is 0 Å². The minimum atomic E-state index is 0.275. The maximum atomic E-state index is 5.32. The number of hydrogen-bond donors (Lipinski definition) is 3. The van der Waals surface area contributed by atoms with Gasteiger partial charge in [-0.1, -0.05) is 19.9 Å². The van der Waals surface area contributed by atoms with Crippen LogP contribution in [0, 0.1) is 23.2 Å². The molecule has 2 aliphatic carbocycles. The van der Waals surface area contributed by atoms with Crippen molar-refractivity contribution in [1.29, 1.82) is 0 Å². The molecule has 2 rings (SSSR count). The molecule has 2 aliphatic rings. The highest BCUT2D eigenvalue weighted by atomic mass is 32.1. The van der Waals surface area contributed by atoms with Crippen LogP contribution in [-0.2, 0) is 0 Å². The molecule has 0 amide bonds. The second-order valence-corrected chi connectivity index (χ2v) is 6.05. The number of nitrogens with two attached hydrogens (primary N) is 1. The molecule has 2 fully saturated rings. The standard InChI is InChI=1S/C12H21N3S/c1-12(2)9-4-3-8(7-9)10(12)5-6-14-15-11(13)16/h5-6,8-10,14H,3-4,7H2,1-2H3,(H3,13,15,16)/b6-5-/t8-,9+,10-/m1/s1. The van der Waals surface area contributed by atoms with Crippen molar-refractivity contribution in [3.63, 3.8) is 0 Å². The molecule has 2 bridgehead atoms. The average molecular weight is 239 g/mol. The summed E-state index contributed by atoms with van der Waals surface area (Å²) in [4.78, 5) is 0. The van der Waals surface area contributed by atoms with Gasteiger partial charge in [0.25, 0.3) is 0 Å². The van der Waals surface area contributed by atoms with Crippen LogP contribution in [0.2, 0.25) is 0 Å². The van der Waals surface area contributed by atoms with E-state index in [4.69, 9.17) is 18.0 Å². The van der Waals surface area contributed by atoms with Crippen molar-refractivity contribution in [2.24, 2.45) is 28.9 Å². The fourth-order valence-electron chi connectivity index (χ4n) is 3.57. The van der Waals surface area contributed by atoms with Gasteiger partial charge in [-0.25, -0.2) is 0 Å². The Balaban J connectivity index is 1.92. The van der Waals surface area contributed by atoms with E-state index < -0.39 is 0 Å². The molecule has 0 radical (unpaired) electrons. The molecule has 0 unspecified atom stereocenters. The smallest absolute Gasteiger partial charge is 0.182 e. The van der Waals surface area contributed by atoms with E-state index in [0.29, 0.717) is 11.3 Å². The molecular formula is C12H21N3S. The van der Waals surface area contributed by atoms with Crippen molar-refractivity contribution in [1.82, 2.24) is 10.9 Å². The molecule has 3 atom stereocenters. The van der Waals surface area contributed by atoms with Gasteiger partial charge in [0.05, 0.1) is 0 Å². The van der Waals surface area contributed by atoms with E-state index in [-0.39, 0.29) is 5.11 Å². The quantitative estimate of drug-likeness (QED) is 0.520. The molecule has 0 aromatic carbocycles. The molecule has 0 aromatic rings. The van der Waals surface area contributed by atoms with Crippen LogP contribution in [0.25, 0.3) is 0 Å². The molecule has 16 heavy (non-hydrogen) atoms. The van der Waals surface area contributed by atoms with Crippen LogP contribution in [0.3, 0.4) is 0 Å². The Kier molecular flexibility index (Phi) is 3.10. The number of thiocarbonyl (C=S) groups is 1. The highest BCUT2D eigenvalue weighted by molar-refractivity contribution is 7.80. The molecule has 4 heteroatoms. The lowest BCUT2D eigenvalue weighted by Crippen LogP contribution is -2.38. The summed E-state index contributed by atoms with van der Waals surface area (Å²) in [5.74, 6) is 2.48. The van der Waals surface area contributed by atoms with Crippen molar-refractivity contribution < 1.29 is 0 Å². The summed E-state index contributed by atoms with van der Waals surface area (Å²) in [6.07, 6.45) is 8.43. The van der Waals surface area contributed by atoms with Crippen LogP contribution in [0.4, 0.5) is 0 Å². The molecule has 90 valence electrons. The zero-order chi connectivity index (χ0) is 11.8. The fraction of sp³-hybridized carbons (Fsp3) is 0.750. The topological polar surface area (TPSA) is 50.1 Å². The first-order valence-corrected chi connectivity index (χ1v) is 6.40. The zero-order valence-corrected chi connectivity index (χ0v) is 10.8. The van der Waals surface area contributed by atoms with Crippen LogP contribution in [0.1, 0.15) is 33.1 Å². The Morgan fingerprint density at radius 1 is 1.44 bits per heavy atom. The van der Waals surface area contributed by atoms with E-state index in [2.05, 4.69) is 30.8 Å².